The third-order valence-electron chi connectivity index (χ3n) is 2.15. The summed E-state index contributed by atoms with van der Waals surface area (Å²) >= 11 is 1.49. The zero-order valence-electron chi connectivity index (χ0n) is 9.58. The summed E-state index contributed by atoms with van der Waals surface area (Å²) < 4.78 is 10.4. The first-order valence-corrected chi connectivity index (χ1v) is 5.87. The number of hydrogen-bond donors (Lipinski definition) is 0. The third-order valence-corrected chi connectivity index (χ3v) is 2.83. The van der Waals surface area contributed by atoms with Crippen molar-refractivity contribution in [2.75, 3.05) is 14.2 Å². The third kappa shape index (κ3) is 2.82. The Balaban J connectivity index is 2.22. The molecule has 0 saturated heterocycles. The number of rotatable bonds is 4. The predicted molar refractivity (Wildman–Crippen MR) is 68.9 cm³/mol. The van der Waals surface area contributed by atoms with Crippen molar-refractivity contribution in [2.24, 2.45) is 4.99 Å². The van der Waals surface area contributed by atoms with E-state index >= 15 is 0 Å². The van der Waals surface area contributed by atoms with Crippen LogP contribution in [0.15, 0.2) is 34.8 Å². The number of ether oxygens (including phenoxy) is 2. The van der Waals surface area contributed by atoms with Crippen molar-refractivity contribution in [3.05, 3.63) is 35.3 Å². The molecule has 5 heteroatoms. The first-order chi connectivity index (χ1) is 8.33. The van der Waals surface area contributed by atoms with Gasteiger partial charge in [0.25, 0.3) is 0 Å². The molecule has 0 aliphatic rings. The molecule has 0 N–H and O–H groups in total. The smallest absolute Gasteiger partial charge is 0.208 e. The molecule has 2 aromatic rings. The minimum absolute atomic E-state index is 0.690. The molecule has 4 nitrogen and oxygen atoms in total. The number of hydrogen-bond acceptors (Lipinski definition) is 5. The highest BCUT2D eigenvalue weighted by Gasteiger charge is 2.02. The first-order valence-electron chi connectivity index (χ1n) is 4.99. The summed E-state index contributed by atoms with van der Waals surface area (Å²) in [6.07, 6.45) is 3.48. The van der Waals surface area contributed by atoms with Crippen LogP contribution in [0.5, 0.6) is 11.5 Å². The summed E-state index contributed by atoms with van der Waals surface area (Å²) in [6, 6.07) is 5.64. The van der Waals surface area contributed by atoms with Gasteiger partial charge in [0.05, 0.1) is 14.2 Å². The minimum atomic E-state index is 0.690. The fraction of sp³-hybridized carbons (Fsp3) is 0.167. The molecule has 88 valence electrons. The largest absolute Gasteiger partial charge is 0.493 e. The topological polar surface area (TPSA) is 43.7 Å². The summed E-state index contributed by atoms with van der Waals surface area (Å²) in [7, 11) is 3.22. The van der Waals surface area contributed by atoms with Gasteiger partial charge in [-0.25, -0.2) is 9.98 Å². The maximum atomic E-state index is 5.21. The SMILES string of the molecule is COc1ccc(/C=N/c2nccs2)cc1OC. The summed E-state index contributed by atoms with van der Waals surface area (Å²) in [5.74, 6) is 1.40. The van der Waals surface area contributed by atoms with E-state index in [0.29, 0.717) is 11.5 Å². The van der Waals surface area contributed by atoms with E-state index in [1.54, 1.807) is 26.6 Å². The molecule has 0 amide bonds. The van der Waals surface area contributed by atoms with Gasteiger partial charge in [0.15, 0.2) is 11.5 Å². The molecular weight excluding hydrogens is 236 g/mol. The van der Waals surface area contributed by atoms with Gasteiger partial charge >= 0.3 is 0 Å². The van der Waals surface area contributed by atoms with Crippen molar-refractivity contribution in [1.29, 1.82) is 0 Å². The van der Waals surface area contributed by atoms with E-state index in [9.17, 15) is 0 Å². The van der Waals surface area contributed by atoms with Crippen molar-refractivity contribution in [2.45, 2.75) is 0 Å². The van der Waals surface area contributed by atoms with Crippen LogP contribution >= 0.6 is 11.3 Å². The number of thiazole rings is 1. The van der Waals surface area contributed by atoms with Crippen molar-refractivity contribution in [3.8, 4) is 11.5 Å². The maximum Gasteiger partial charge on any atom is 0.208 e. The second-order valence-electron chi connectivity index (χ2n) is 3.19. The van der Waals surface area contributed by atoms with Crippen molar-refractivity contribution >= 4 is 22.7 Å². The summed E-state index contributed by atoms with van der Waals surface area (Å²) in [5.41, 5.74) is 0.942. The minimum Gasteiger partial charge on any atom is -0.493 e. The van der Waals surface area contributed by atoms with E-state index in [0.717, 1.165) is 10.7 Å². The highest BCUT2D eigenvalue weighted by molar-refractivity contribution is 7.13. The lowest BCUT2D eigenvalue weighted by Crippen LogP contribution is -1.91. The second kappa shape index (κ2) is 5.45. The molecular formula is C12H12N2O2S. The molecule has 0 saturated carbocycles. The zero-order chi connectivity index (χ0) is 12.1. The lowest BCUT2D eigenvalue weighted by molar-refractivity contribution is 0.355. The Morgan fingerprint density at radius 3 is 2.71 bits per heavy atom. The van der Waals surface area contributed by atoms with Crippen molar-refractivity contribution < 1.29 is 9.47 Å². The normalized spacial score (nSPS) is 10.7. The molecule has 1 aromatic heterocycles. The van der Waals surface area contributed by atoms with Crippen molar-refractivity contribution in [1.82, 2.24) is 4.98 Å². The van der Waals surface area contributed by atoms with Crippen LogP contribution in [0.1, 0.15) is 5.56 Å². The molecule has 17 heavy (non-hydrogen) atoms. The molecule has 0 aliphatic heterocycles. The molecule has 0 atom stereocenters. The van der Waals surface area contributed by atoms with E-state index in [1.807, 2.05) is 23.6 Å². The van der Waals surface area contributed by atoms with Gasteiger partial charge in [-0.1, -0.05) is 0 Å². The molecule has 1 aromatic carbocycles. The average Bonchev–Trinajstić information content (AvgIpc) is 2.89. The second-order valence-corrected chi connectivity index (χ2v) is 4.06. The standard InChI is InChI=1S/C12H12N2O2S/c1-15-10-4-3-9(7-11(10)16-2)8-14-12-13-5-6-17-12/h3-8H,1-2H3/b14-8+. The van der Waals surface area contributed by atoms with Crippen LogP contribution < -0.4 is 9.47 Å². The predicted octanol–water partition coefficient (Wildman–Crippen LogP) is 2.91. The summed E-state index contributed by atoms with van der Waals surface area (Å²) in [5, 5.41) is 2.63. The molecule has 0 spiro atoms. The van der Waals surface area contributed by atoms with Crippen LogP contribution in [0.2, 0.25) is 0 Å². The summed E-state index contributed by atoms with van der Waals surface area (Å²) in [4.78, 5) is 8.33. The van der Waals surface area contributed by atoms with E-state index in [2.05, 4.69) is 9.98 Å². The molecule has 2 rings (SSSR count). The molecule has 1 heterocycles. The van der Waals surface area contributed by atoms with Gasteiger partial charge in [-0.05, 0) is 23.8 Å². The monoisotopic (exact) mass is 248 g/mol. The van der Waals surface area contributed by atoms with Gasteiger partial charge in [-0.2, -0.15) is 0 Å². The Hall–Kier alpha value is -1.88. The maximum absolute atomic E-state index is 5.21. The lowest BCUT2D eigenvalue weighted by atomic mass is 10.2. The lowest BCUT2D eigenvalue weighted by Gasteiger charge is -2.07. The van der Waals surface area contributed by atoms with E-state index in [-0.39, 0.29) is 0 Å². The van der Waals surface area contributed by atoms with Crippen molar-refractivity contribution in [3.63, 3.8) is 0 Å². The molecule has 0 radical (unpaired) electrons. The van der Waals surface area contributed by atoms with Crippen LogP contribution in [0, 0.1) is 0 Å². The Morgan fingerprint density at radius 1 is 1.24 bits per heavy atom. The van der Waals surface area contributed by atoms with Crippen LogP contribution in [0.25, 0.3) is 0 Å². The average molecular weight is 248 g/mol. The van der Waals surface area contributed by atoms with Gasteiger partial charge in [-0.3, -0.25) is 0 Å². The Labute approximate surface area is 104 Å². The fourth-order valence-corrected chi connectivity index (χ4v) is 1.82. The summed E-state index contributed by atoms with van der Waals surface area (Å²) in [6.45, 7) is 0. The number of nitrogens with zero attached hydrogens (tertiary/aromatic N) is 2. The Kier molecular flexibility index (Phi) is 3.72. The molecule has 0 fully saturated rings. The first kappa shape index (κ1) is 11.6. The Bertz CT molecular complexity index is 509. The molecule has 0 aliphatic carbocycles. The van der Waals surface area contributed by atoms with Gasteiger partial charge in [-0.15, -0.1) is 11.3 Å². The van der Waals surface area contributed by atoms with Gasteiger partial charge < -0.3 is 9.47 Å². The van der Waals surface area contributed by atoms with E-state index in [1.165, 1.54) is 11.3 Å². The highest BCUT2D eigenvalue weighted by Crippen LogP contribution is 2.27. The quantitative estimate of drug-likeness (QED) is 0.781. The number of methoxy groups -OCH3 is 2. The van der Waals surface area contributed by atoms with Gasteiger partial charge in [0.1, 0.15) is 0 Å². The van der Waals surface area contributed by atoms with Crippen LogP contribution in [-0.2, 0) is 0 Å². The molecule has 0 unspecified atom stereocenters. The zero-order valence-corrected chi connectivity index (χ0v) is 10.4. The van der Waals surface area contributed by atoms with Crippen LogP contribution in [0.3, 0.4) is 0 Å². The van der Waals surface area contributed by atoms with Crippen LogP contribution in [-0.4, -0.2) is 25.4 Å². The van der Waals surface area contributed by atoms with E-state index in [4.69, 9.17) is 9.47 Å². The van der Waals surface area contributed by atoms with Gasteiger partial charge in [0, 0.05) is 17.8 Å². The fourth-order valence-electron chi connectivity index (χ4n) is 1.34. The number of aliphatic imine (C=N–C) groups is 1. The number of benzene rings is 1. The van der Waals surface area contributed by atoms with E-state index < -0.39 is 0 Å². The molecule has 0 bridgehead atoms. The number of aromatic nitrogens is 1. The van der Waals surface area contributed by atoms with Crippen LogP contribution in [0.4, 0.5) is 5.13 Å². The Morgan fingerprint density at radius 2 is 2.06 bits per heavy atom. The highest BCUT2D eigenvalue weighted by atomic mass is 32.1. The van der Waals surface area contributed by atoms with Gasteiger partial charge in [0.2, 0.25) is 5.13 Å².